The molecule has 0 aromatic rings. The Morgan fingerprint density at radius 1 is 0.941 bits per heavy atom. The van der Waals surface area contributed by atoms with Crippen LogP contribution in [0.2, 0.25) is 0 Å². The average Bonchev–Trinajstić information content (AvgIpc) is 2.64. The first kappa shape index (κ1) is 10.5. The Kier molecular flexibility index (Phi) is 1.93. The summed E-state index contributed by atoms with van der Waals surface area (Å²) >= 11 is 0. The summed E-state index contributed by atoms with van der Waals surface area (Å²) in [7, 11) is 5.25. The Bertz CT molecular complexity index is 382. The van der Waals surface area contributed by atoms with Crippen molar-refractivity contribution >= 4 is 0 Å². The molecule has 8 atom stereocenters. The lowest BCUT2D eigenvalue weighted by molar-refractivity contribution is -0.205. The highest BCUT2D eigenvalue weighted by molar-refractivity contribution is 5.40. The van der Waals surface area contributed by atoms with E-state index >= 15 is 0 Å². The predicted octanol–water partition coefficient (Wildman–Crippen LogP) is 1.02. The van der Waals surface area contributed by atoms with Crippen LogP contribution in [0.25, 0.3) is 0 Å². The number of hydrogen-bond donors (Lipinski definition) is 0. The maximum absolute atomic E-state index is 5.85. The van der Waals surface area contributed by atoms with Gasteiger partial charge in [0, 0.05) is 50.9 Å². The molecule has 1 aliphatic heterocycles. The van der Waals surface area contributed by atoms with E-state index in [-0.39, 0.29) is 18.2 Å². The van der Waals surface area contributed by atoms with Crippen molar-refractivity contribution in [1.82, 2.24) is 0 Å². The third-order valence-corrected chi connectivity index (χ3v) is 5.36. The fourth-order valence-corrected chi connectivity index (χ4v) is 4.84. The Hall–Kier alpha value is -0.420. The van der Waals surface area contributed by atoms with Crippen molar-refractivity contribution in [2.24, 2.45) is 29.6 Å². The van der Waals surface area contributed by atoms with Gasteiger partial charge in [0.2, 0.25) is 0 Å². The molecule has 0 radical (unpaired) electrons. The summed E-state index contributed by atoms with van der Waals surface area (Å²) in [5.74, 6) is 2.34. The van der Waals surface area contributed by atoms with Gasteiger partial charge in [0.15, 0.2) is 12.6 Å². The van der Waals surface area contributed by atoms with Crippen LogP contribution >= 0.6 is 0 Å². The molecule has 0 amide bonds. The van der Waals surface area contributed by atoms with Gasteiger partial charge in [0.1, 0.15) is 0 Å². The van der Waals surface area contributed by atoms with Crippen molar-refractivity contribution in [3.05, 3.63) is 12.2 Å². The minimum absolute atomic E-state index is 0.0344. The Labute approximate surface area is 101 Å². The molecule has 0 unspecified atom stereocenters. The van der Waals surface area contributed by atoms with Crippen molar-refractivity contribution in [3.63, 3.8) is 0 Å². The van der Waals surface area contributed by atoms with Gasteiger partial charge in [-0.3, -0.25) is 0 Å². The number of hydrogen-bond acceptors (Lipinski definition) is 4. The summed E-state index contributed by atoms with van der Waals surface area (Å²) in [6, 6.07) is 0. The number of ether oxygens (including phenoxy) is 4. The van der Waals surface area contributed by atoms with Gasteiger partial charge in [0.05, 0.1) is 5.60 Å². The quantitative estimate of drug-likeness (QED) is 0.688. The molecule has 17 heavy (non-hydrogen) atoms. The van der Waals surface area contributed by atoms with Crippen LogP contribution in [0.1, 0.15) is 0 Å². The van der Waals surface area contributed by atoms with E-state index in [1.54, 1.807) is 14.2 Å². The zero-order chi connectivity index (χ0) is 11.8. The van der Waals surface area contributed by atoms with Gasteiger partial charge in [-0.05, 0) is 0 Å². The average molecular weight is 238 g/mol. The summed E-state index contributed by atoms with van der Waals surface area (Å²) < 4.78 is 22.6. The molecular formula is C13H18O4. The SMILES string of the molecule is CO[C@H]1O[C@H](OC)[C@H]2[C@@H]1[C@@H]1[C@@H]3C=C[C@H]2[C@@]13OC. The number of methoxy groups -OCH3 is 3. The van der Waals surface area contributed by atoms with Crippen molar-refractivity contribution in [2.75, 3.05) is 21.3 Å². The van der Waals surface area contributed by atoms with E-state index in [9.17, 15) is 0 Å². The first-order valence-electron chi connectivity index (χ1n) is 6.24. The summed E-state index contributed by atoms with van der Waals surface area (Å²) in [5.41, 5.74) is 0.0344. The van der Waals surface area contributed by atoms with Crippen molar-refractivity contribution in [1.29, 1.82) is 0 Å². The van der Waals surface area contributed by atoms with Gasteiger partial charge in [-0.2, -0.15) is 0 Å². The van der Waals surface area contributed by atoms with E-state index in [4.69, 9.17) is 18.9 Å². The molecule has 0 aromatic carbocycles. The highest BCUT2D eigenvalue weighted by Gasteiger charge is 2.83. The lowest BCUT2D eigenvalue weighted by Crippen LogP contribution is -2.32. The number of rotatable bonds is 3. The van der Waals surface area contributed by atoms with Crippen molar-refractivity contribution in [3.8, 4) is 0 Å². The first-order valence-corrected chi connectivity index (χ1v) is 6.24. The molecule has 3 fully saturated rings. The topological polar surface area (TPSA) is 36.9 Å². The molecule has 4 aliphatic rings. The minimum atomic E-state index is -0.154. The maximum atomic E-state index is 5.85. The predicted molar refractivity (Wildman–Crippen MR) is 59.0 cm³/mol. The lowest BCUT2D eigenvalue weighted by Gasteiger charge is -2.25. The summed E-state index contributed by atoms with van der Waals surface area (Å²) in [6.07, 6.45) is 4.32. The molecule has 4 heteroatoms. The highest BCUT2D eigenvalue weighted by atomic mass is 16.8. The van der Waals surface area contributed by atoms with Crippen LogP contribution in [0.5, 0.6) is 0 Å². The zero-order valence-electron chi connectivity index (χ0n) is 10.3. The van der Waals surface area contributed by atoms with Crippen LogP contribution in [0, 0.1) is 29.6 Å². The third-order valence-electron chi connectivity index (χ3n) is 5.36. The smallest absolute Gasteiger partial charge is 0.164 e. The summed E-state index contributed by atoms with van der Waals surface area (Å²) in [6.45, 7) is 0. The van der Waals surface area contributed by atoms with Gasteiger partial charge >= 0.3 is 0 Å². The van der Waals surface area contributed by atoms with Crippen LogP contribution in [0.3, 0.4) is 0 Å². The minimum Gasteiger partial charge on any atom is -0.377 e. The van der Waals surface area contributed by atoms with Crippen LogP contribution in [-0.2, 0) is 18.9 Å². The van der Waals surface area contributed by atoms with Gasteiger partial charge in [-0.25, -0.2) is 0 Å². The van der Waals surface area contributed by atoms with E-state index < -0.39 is 0 Å². The first-order chi connectivity index (χ1) is 8.29. The normalized spacial score (nSPS) is 61.7. The molecule has 0 bridgehead atoms. The second-order valence-corrected chi connectivity index (χ2v) is 5.52. The highest BCUT2D eigenvalue weighted by Crippen LogP contribution is 2.76. The fourth-order valence-electron chi connectivity index (χ4n) is 4.84. The Morgan fingerprint density at radius 3 is 2.24 bits per heavy atom. The largest absolute Gasteiger partial charge is 0.377 e. The van der Waals surface area contributed by atoms with E-state index in [0.29, 0.717) is 29.6 Å². The van der Waals surface area contributed by atoms with Crippen molar-refractivity contribution in [2.45, 2.75) is 18.2 Å². The van der Waals surface area contributed by atoms with Gasteiger partial charge in [-0.1, -0.05) is 12.2 Å². The van der Waals surface area contributed by atoms with Crippen LogP contribution in [-0.4, -0.2) is 39.5 Å². The van der Waals surface area contributed by atoms with Crippen LogP contribution < -0.4 is 0 Å². The van der Waals surface area contributed by atoms with Crippen LogP contribution in [0.15, 0.2) is 12.2 Å². The van der Waals surface area contributed by atoms with E-state index in [0.717, 1.165) is 0 Å². The Balaban J connectivity index is 1.74. The Morgan fingerprint density at radius 2 is 1.59 bits per heavy atom. The van der Waals surface area contributed by atoms with Crippen molar-refractivity contribution < 1.29 is 18.9 Å². The van der Waals surface area contributed by atoms with E-state index in [1.165, 1.54) is 0 Å². The third kappa shape index (κ3) is 0.930. The number of fused-ring (bicyclic) bond motifs is 4. The molecule has 4 nitrogen and oxygen atoms in total. The lowest BCUT2D eigenvalue weighted by atomic mass is 9.85. The maximum Gasteiger partial charge on any atom is 0.164 e. The van der Waals surface area contributed by atoms with Gasteiger partial charge < -0.3 is 18.9 Å². The molecule has 1 heterocycles. The molecule has 94 valence electrons. The zero-order valence-corrected chi connectivity index (χ0v) is 10.3. The van der Waals surface area contributed by atoms with E-state index in [1.807, 2.05) is 7.11 Å². The molecule has 0 aromatic heterocycles. The van der Waals surface area contributed by atoms with Gasteiger partial charge in [-0.15, -0.1) is 0 Å². The molecular weight excluding hydrogens is 220 g/mol. The van der Waals surface area contributed by atoms with E-state index in [2.05, 4.69) is 12.2 Å². The summed E-state index contributed by atoms with van der Waals surface area (Å²) in [5, 5.41) is 0. The van der Waals surface area contributed by atoms with Crippen LogP contribution in [0.4, 0.5) is 0 Å². The summed E-state index contributed by atoms with van der Waals surface area (Å²) in [4.78, 5) is 0. The molecule has 4 rings (SSSR count). The molecule has 2 saturated carbocycles. The standard InChI is InChI=1S/C13H18O4/c1-14-11-8-6-4-5-7-10(13(6,7)16-3)9(8)12(15-2)17-11/h4-12H,1-3H3/t6-,7+,8-,9-,10+,11+,12+,13+/m1/s1. The fraction of sp³-hybridized carbons (Fsp3) is 0.846. The molecule has 3 aliphatic carbocycles. The second kappa shape index (κ2) is 3.12. The monoisotopic (exact) mass is 238 g/mol. The second-order valence-electron chi connectivity index (χ2n) is 5.52. The molecule has 0 spiro atoms. The molecule has 0 N–H and O–H groups in total. The molecule has 1 saturated heterocycles. The van der Waals surface area contributed by atoms with Gasteiger partial charge in [0.25, 0.3) is 0 Å².